The van der Waals surface area contributed by atoms with Crippen LogP contribution in [-0.4, -0.2) is 36.5 Å². The molecule has 0 saturated heterocycles. The summed E-state index contributed by atoms with van der Waals surface area (Å²) in [6.45, 7) is 10.3. The number of ether oxygens (including phenoxy) is 1. The zero-order valence-electron chi connectivity index (χ0n) is 12.7. The number of carbonyl (C=O) groups excluding carboxylic acids is 2. The van der Waals surface area contributed by atoms with E-state index in [0.717, 1.165) is 6.42 Å². The molecule has 4 nitrogen and oxygen atoms in total. The Hall–Kier alpha value is -1.50. The van der Waals surface area contributed by atoms with Crippen LogP contribution in [0.1, 0.15) is 41.0 Å². The number of nitrogens with zero attached hydrogens (tertiary/aromatic N) is 1. The highest BCUT2D eigenvalue weighted by Gasteiger charge is 2.40. The van der Waals surface area contributed by atoms with E-state index >= 15 is 0 Å². The molecule has 0 radical (unpaired) electrons. The molecule has 1 atom stereocenters. The molecule has 0 aromatic heterocycles. The lowest BCUT2D eigenvalue weighted by Crippen LogP contribution is -2.46. The predicted octanol–water partition coefficient (Wildman–Crippen LogP) is 2.08. The average molecular weight is 267 g/mol. The van der Waals surface area contributed by atoms with Gasteiger partial charge in [-0.25, -0.2) is 0 Å². The first-order valence-corrected chi connectivity index (χ1v) is 6.68. The van der Waals surface area contributed by atoms with Crippen molar-refractivity contribution in [1.82, 2.24) is 4.90 Å². The Balaban J connectivity index is 5.19. The fourth-order valence-corrected chi connectivity index (χ4v) is 1.88. The summed E-state index contributed by atoms with van der Waals surface area (Å²) in [6, 6.07) is 0. The Morgan fingerprint density at radius 3 is 2.26 bits per heavy atom. The summed E-state index contributed by atoms with van der Waals surface area (Å²) in [7, 11) is 0. The first-order chi connectivity index (χ1) is 8.79. The molecule has 0 saturated carbocycles. The fourth-order valence-electron chi connectivity index (χ4n) is 1.88. The van der Waals surface area contributed by atoms with E-state index in [4.69, 9.17) is 11.2 Å². The Morgan fingerprint density at radius 2 is 1.89 bits per heavy atom. The second kappa shape index (κ2) is 7.83. The minimum absolute atomic E-state index is 0.221. The number of rotatable bonds is 6. The van der Waals surface area contributed by atoms with E-state index in [1.54, 1.807) is 11.8 Å². The first-order valence-electron chi connectivity index (χ1n) is 6.68. The summed E-state index contributed by atoms with van der Waals surface area (Å²) < 4.78 is 5.02. The standard InChI is InChI=1S/C15H25NO3/c1-7-10-16(11-8-2)13(17)12(15(4,5)6)14(18)19-9-3/h1,12H,8-11H2,2-6H3. The van der Waals surface area contributed by atoms with Gasteiger partial charge in [-0.15, -0.1) is 6.42 Å². The monoisotopic (exact) mass is 267 g/mol. The summed E-state index contributed by atoms with van der Waals surface area (Å²) in [5, 5.41) is 0. The second-order valence-electron chi connectivity index (χ2n) is 5.52. The summed E-state index contributed by atoms with van der Waals surface area (Å²) in [5.41, 5.74) is -0.496. The number of hydrogen-bond acceptors (Lipinski definition) is 3. The molecular weight excluding hydrogens is 242 g/mol. The van der Waals surface area contributed by atoms with Crippen molar-refractivity contribution in [3.05, 3.63) is 0 Å². The third-order valence-electron chi connectivity index (χ3n) is 2.72. The number of hydrogen-bond donors (Lipinski definition) is 0. The molecule has 0 aliphatic heterocycles. The van der Waals surface area contributed by atoms with Crippen LogP contribution in [0, 0.1) is 23.7 Å². The van der Waals surface area contributed by atoms with E-state index in [1.807, 2.05) is 27.7 Å². The van der Waals surface area contributed by atoms with Crippen molar-refractivity contribution in [3.63, 3.8) is 0 Å². The van der Waals surface area contributed by atoms with Crippen LogP contribution < -0.4 is 0 Å². The van der Waals surface area contributed by atoms with Crippen LogP contribution in [0.5, 0.6) is 0 Å². The van der Waals surface area contributed by atoms with Crippen LogP contribution in [0.3, 0.4) is 0 Å². The lowest BCUT2D eigenvalue weighted by molar-refractivity contribution is -0.160. The molecule has 1 amide bonds. The van der Waals surface area contributed by atoms with E-state index in [2.05, 4.69) is 5.92 Å². The SMILES string of the molecule is C#CCN(CCC)C(=O)C(C(=O)OCC)C(C)(C)C. The molecule has 0 spiro atoms. The largest absolute Gasteiger partial charge is 0.465 e. The maximum absolute atomic E-state index is 12.5. The summed E-state index contributed by atoms with van der Waals surface area (Å²) in [5.74, 6) is 0.932. The smallest absolute Gasteiger partial charge is 0.319 e. The zero-order chi connectivity index (χ0) is 15.1. The Bertz CT molecular complexity index is 349. The van der Waals surface area contributed by atoms with Gasteiger partial charge in [0.15, 0.2) is 0 Å². The van der Waals surface area contributed by atoms with Crippen molar-refractivity contribution in [2.75, 3.05) is 19.7 Å². The van der Waals surface area contributed by atoms with Crippen molar-refractivity contribution in [2.45, 2.75) is 41.0 Å². The molecule has 19 heavy (non-hydrogen) atoms. The van der Waals surface area contributed by atoms with Crippen molar-refractivity contribution >= 4 is 11.9 Å². The lowest BCUT2D eigenvalue weighted by atomic mass is 9.79. The Morgan fingerprint density at radius 1 is 1.32 bits per heavy atom. The maximum Gasteiger partial charge on any atom is 0.319 e. The maximum atomic E-state index is 12.5. The molecule has 0 aliphatic rings. The van der Waals surface area contributed by atoms with Crippen LogP contribution >= 0.6 is 0 Å². The van der Waals surface area contributed by atoms with Crippen LogP contribution in [0.15, 0.2) is 0 Å². The van der Waals surface area contributed by atoms with E-state index in [1.165, 1.54) is 0 Å². The van der Waals surface area contributed by atoms with Gasteiger partial charge in [-0.1, -0.05) is 33.6 Å². The summed E-state index contributed by atoms with van der Waals surface area (Å²) >= 11 is 0. The molecule has 0 heterocycles. The van der Waals surface area contributed by atoms with E-state index in [0.29, 0.717) is 6.54 Å². The summed E-state index contributed by atoms with van der Waals surface area (Å²) in [6.07, 6.45) is 6.08. The number of carbonyl (C=O) groups is 2. The molecule has 0 bridgehead atoms. The van der Waals surface area contributed by atoms with E-state index < -0.39 is 17.3 Å². The minimum Gasteiger partial charge on any atom is -0.465 e. The van der Waals surface area contributed by atoms with Gasteiger partial charge in [0.2, 0.25) is 5.91 Å². The normalized spacial score (nSPS) is 12.4. The second-order valence-corrected chi connectivity index (χ2v) is 5.52. The zero-order valence-corrected chi connectivity index (χ0v) is 12.7. The lowest BCUT2D eigenvalue weighted by Gasteiger charge is -2.32. The van der Waals surface area contributed by atoms with Gasteiger partial charge in [0.05, 0.1) is 13.2 Å². The van der Waals surface area contributed by atoms with Crippen molar-refractivity contribution < 1.29 is 14.3 Å². The van der Waals surface area contributed by atoms with Gasteiger partial charge in [0.25, 0.3) is 0 Å². The van der Waals surface area contributed by atoms with Crippen LogP contribution in [-0.2, 0) is 14.3 Å². The van der Waals surface area contributed by atoms with Gasteiger partial charge in [-0.2, -0.15) is 0 Å². The van der Waals surface area contributed by atoms with Gasteiger partial charge in [0, 0.05) is 6.54 Å². The number of esters is 1. The number of amides is 1. The first kappa shape index (κ1) is 17.5. The topological polar surface area (TPSA) is 46.6 Å². The molecule has 0 aromatic carbocycles. The molecule has 0 fully saturated rings. The van der Waals surface area contributed by atoms with Crippen molar-refractivity contribution in [2.24, 2.45) is 11.3 Å². The van der Waals surface area contributed by atoms with Crippen LogP contribution in [0.25, 0.3) is 0 Å². The Kier molecular flexibility index (Phi) is 7.21. The van der Waals surface area contributed by atoms with Gasteiger partial charge in [-0.05, 0) is 18.8 Å². The molecule has 4 heteroatoms. The Labute approximate surface area is 116 Å². The number of terminal acetylenes is 1. The molecule has 0 N–H and O–H groups in total. The molecule has 0 aliphatic carbocycles. The summed E-state index contributed by atoms with van der Waals surface area (Å²) in [4.78, 5) is 26.1. The third-order valence-corrected chi connectivity index (χ3v) is 2.72. The van der Waals surface area contributed by atoms with E-state index in [-0.39, 0.29) is 19.1 Å². The molecule has 0 aromatic rings. The van der Waals surface area contributed by atoms with Crippen LogP contribution in [0.4, 0.5) is 0 Å². The van der Waals surface area contributed by atoms with Gasteiger partial charge in [-0.3, -0.25) is 9.59 Å². The predicted molar refractivity (Wildman–Crippen MR) is 75.3 cm³/mol. The van der Waals surface area contributed by atoms with Gasteiger partial charge >= 0.3 is 5.97 Å². The van der Waals surface area contributed by atoms with Crippen molar-refractivity contribution in [1.29, 1.82) is 0 Å². The molecular formula is C15H25NO3. The van der Waals surface area contributed by atoms with Gasteiger partial charge in [0.1, 0.15) is 5.92 Å². The van der Waals surface area contributed by atoms with Crippen molar-refractivity contribution in [3.8, 4) is 12.3 Å². The highest BCUT2D eigenvalue weighted by Crippen LogP contribution is 2.29. The minimum atomic E-state index is -0.813. The molecule has 1 unspecified atom stereocenters. The molecule has 108 valence electrons. The average Bonchev–Trinajstić information content (AvgIpc) is 2.27. The highest BCUT2D eigenvalue weighted by atomic mass is 16.5. The van der Waals surface area contributed by atoms with Gasteiger partial charge < -0.3 is 9.64 Å². The van der Waals surface area contributed by atoms with E-state index in [9.17, 15) is 9.59 Å². The third kappa shape index (κ3) is 5.34. The van der Waals surface area contributed by atoms with Crippen LogP contribution in [0.2, 0.25) is 0 Å². The molecule has 0 rings (SSSR count). The fraction of sp³-hybridized carbons (Fsp3) is 0.733. The highest BCUT2D eigenvalue weighted by molar-refractivity contribution is 5.98. The quantitative estimate of drug-likeness (QED) is 0.420.